The average Bonchev–Trinajstić information content (AvgIpc) is 3.41. The molecule has 0 radical (unpaired) electrons. The van der Waals surface area contributed by atoms with E-state index in [1.165, 1.54) is 12.0 Å². The molecule has 1 unspecified atom stereocenters. The molecule has 134 valence electrons. The number of nitrogens with one attached hydrogen (secondary N) is 3. The molecule has 1 atom stereocenters. The van der Waals surface area contributed by atoms with Gasteiger partial charge in [0.15, 0.2) is 0 Å². The van der Waals surface area contributed by atoms with E-state index in [0.29, 0.717) is 30.1 Å². The van der Waals surface area contributed by atoms with Gasteiger partial charge >= 0.3 is 6.03 Å². The minimum absolute atomic E-state index is 0.175. The number of urea groups is 1. The monoisotopic (exact) mass is 346 g/mol. The zero-order valence-corrected chi connectivity index (χ0v) is 14.3. The van der Waals surface area contributed by atoms with Crippen molar-refractivity contribution in [3.8, 4) is 5.75 Å². The fourth-order valence-electron chi connectivity index (χ4n) is 2.69. The van der Waals surface area contributed by atoms with Crippen LogP contribution in [0.25, 0.3) is 0 Å². The van der Waals surface area contributed by atoms with Crippen LogP contribution in [0.15, 0.2) is 18.2 Å². The predicted molar refractivity (Wildman–Crippen MR) is 91.7 cm³/mol. The van der Waals surface area contributed by atoms with Crippen molar-refractivity contribution in [2.45, 2.75) is 31.8 Å². The molecule has 25 heavy (non-hydrogen) atoms. The number of carbonyl (C=O) groups is 3. The first-order valence-corrected chi connectivity index (χ1v) is 8.34. The fourth-order valence-corrected chi connectivity index (χ4v) is 2.69. The molecule has 2 fully saturated rings. The highest BCUT2D eigenvalue weighted by molar-refractivity contribution is 5.99. The van der Waals surface area contributed by atoms with Gasteiger partial charge in [0.1, 0.15) is 11.8 Å². The second-order valence-corrected chi connectivity index (χ2v) is 6.25. The van der Waals surface area contributed by atoms with Gasteiger partial charge in [-0.3, -0.25) is 9.59 Å². The lowest BCUT2D eigenvalue weighted by molar-refractivity contribution is -0.126. The van der Waals surface area contributed by atoms with Crippen LogP contribution >= 0.6 is 0 Å². The van der Waals surface area contributed by atoms with E-state index in [4.69, 9.17) is 4.74 Å². The molecule has 0 aromatic heterocycles. The number of carbonyl (C=O) groups excluding carboxylic acids is 3. The summed E-state index contributed by atoms with van der Waals surface area (Å²) >= 11 is 0. The van der Waals surface area contributed by atoms with Crippen molar-refractivity contribution in [1.82, 2.24) is 15.5 Å². The molecule has 3 rings (SSSR count). The molecule has 1 aliphatic heterocycles. The first kappa shape index (κ1) is 17.1. The van der Waals surface area contributed by atoms with E-state index in [2.05, 4.69) is 16.0 Å². The number of hydrogen-bond donors (Lipinski definition) is 3. The summed E-state index contributed by atoms with van der Waals surface area (Å²) in [6.45, 7) is 2.51. The van der Waals surface area contributed by atoms with Crippen molar-refractivity contribution in [2.24, 2.45) is 0 Å². The van der Waals surface area contributed by atoms with Gasteiger partial charge in [-0.15, -0.1) is 0 Å². The molecule has 1 aromatic rings. The van der Waals surface area contributed by atoms with Gasteiger partial charge in [-0.1, -0.05) is 0 Å². The Morgan fingerprint density at radius 2 is 2.08 bits per heavy atom. The first-order chi connectivity index (χ1) is 12.0. The maximum atomic E-state index is 12.5. The normalized spacial score (nSPS) is 19.8. The Balaban J connectivity index is 1.76. The number of piperazine rings is 1. The van der Waals surface area contributed by atoms with Gasteiger partial charge in [0.05, 0.1) is 12.8 Å². The Morgan fingerprint density at radius 3 is 2.76 bits per heavy atom. The van der Waals surface area contributed by atoms with Gasteiger partial charge in [-0.2, -0.15) is 0 Å². The van der Waals surface area contributed by atoms with E-state index in [1.54, 1.807) is 25.1 Å². The lowest BCUT2D eigenvalue weighted by atomic mass is 10.1. The Morgan fingerprint density at radius 1 is 1.32 bits per heavy atom. The maximum absolute atomic E-state index is 12.5. The van der Waals surface area contributed by atoms with Crippen LogP contribution in [0.5, 0.6) is 5.75 Å². The van der Waals surface area contributed by atoms with E-state index >= 15 is 0 Å². The van der Waals surface area contributed by atoms with E-state index in [-0.39, 0.29) is 17.9 Å². The first-order valence-electron chi connectivity index (χ1n) is 8.34. The SMILES string of the molecule is COc1ccc(C(=O)NC2CC2)cc1NC(=O)N1CCNC(=O)C1C. The largest absolute Gasteiger partial charge is 0.495 e. The Bertz CT molecular complexity index is 702. The lowest BCUT2D eigenvalue weighted by Crippen LogP contribution is -2.56. The number of ether oxygens (including phenoxy) is 1. The molecule has 1 saturated carbocycles. The Labute approximate surface area is 145 Å². The molecule has 0 bridgehead atoms. The Kier molecular flexibility index (Phi) is 4.78. The molecule has 8 nitrogen and oxygen atoms in total. The average molecular weight is 346 g/mol. The summed E-state index contributed by atoms with van der Waals surface area (Å²) in [6, 6.07) is 4.18. The highest BCUT2D eigenvalue weighted by atomic mass is 16.5. The molecule has 3 N–H and O–H groups in total. The van der Waals surface area contributed by atoms with E-state index in [9.17, 15) is 14.4 Å². The minimum atomic E-state index is -0.555. The molecule has 8 heteroatoms. The summed E-state index contributed by atoms with van der Waals surface area (Å²) in [7, 11) is 1.49. The zero-order chi connectivity index (χ0) is 18.0. The summed E-state index contributed by atoms with van der Waals surface area (Å²) in [4.78, 5) is 37.9. The number of hydrogen-bond acceptors (Lipinski definition) is 4. The third kappa shape index (κ3) is 3.84. The number of anilines is 1. The smallest absolute Gasteiger partial charge is 0.322 e. The summed E-state index contributed by atoms with van der Waals surface area (Å²) in [5.41, 5.74) is 0.849. The summed E-state index contributed by atoms with van der Waals surface area (Å²) in [5, 5.41) is 8.37. The van der Waals surface area contributed by atoms with Crippen molar-refractivity contribution in [2.75, 3.05) is 25.5 Å². The second kappa shape index (κ2) is 7.00. The summed E-state index contributed by atoms with van der Waals surface area (Å²) in [5.74, 6) is 0.0859. The topological polar surface area (TPSA) is 99.8 Å². The number of methoxy groups -OCH3 is 1. The number of rotatable bonds is 4. The van der Waals surface area contributed by atoms with Crippen LogP contribution in [0.2, 0.25) is 0 Å². The standard InChI is InChI=1S/C17H22N4O4/c1-10-15(22)18-7-8-21(10)17(24)20-13-9-11(3-6-14(13)25-2)16(23)19-12-4-5-12/h3,6,9-10,12H,4-5,7-8H2,1-2H3,(H,18,22)(H,19,23)(H,20,24). The molecule has 1 saturated heterocycles. The maximum Gasteiger partial charge on any atom is 0.322 e. The van der Waals surface area contributed by atoms with Crippen LogP contribution in [0, 0.1) is 0 Å². The van der Waals surface area contributed by atoms with E-state index < -0.39 is 12.1 Å². The van der Waals surface area contributed by atoms with E-state index in [0.717, 1.165) is 12.8 Å². The number of nitrogens with zero attached hydrogens (tertiary/aromatic N) is 1. The highest BCUT2D eigenvalue weighted by Gasteiger charge is 2.30. The molecular formula is C17H22N4O4. The molecular weight excluding hydrogens is 324 g/mol. The van der Waals surface area contributed by atoms with Crippen molar-refractivity contribution in [3.63, 3.8) is 0 Å². The van der Waals surface area contributed by atoms with Crippen LogP contribution in [-0.2, 0) is 4.79 Å². The van der Waals surface area contributed by atoms with Gasteiger partial charge in [0.25, 0.3) is 5.91 Å². The minimum Gasteiger partial charge on any atom is -0.495 e. The van der Waals surface area contributed by atoms with Gasteiger partial charge in [0, 0.05) is 24.7 Å². The van der Waals surface area contributed by atoms with Gasteiger partial charge in [0.2, 0.25) is 5.91 Å². The molecule has 4 amide bonds. The lowest BCUT2D eigenvalue weighted by Gasteiger charge is -2.32. The molecule has 0 spiro atoms. The van der Waals surface area contributed by atoms with Crippen LogP contribution in [0.1, 0.15) is 30.1 Å². The van der Waals surface area contributed by atoms with E-state index in [1.807, 2.05) is 0 Å². The van der Waals surface area contributed by atoms with Gasteiger partial charge < -0.3 is 25.6 Å². The Hall–Kier alpha value is -2.77. The van der Waals surface area contributed by atoms with Crippen molar-refractivity contribution in [3.05, 3.63) is 23.8 Å². The van der Waals surface area contributed by atoms with Crippen LogP contribution in [-0.4, -0.2) is 55.0 Å². The number of amides is 4. The highest BCUT2D eigenvalue weighted by Crippen LogP contribution is 2.27. The summed E-state index contributed by atoms with van der Waals surface area (Å²) < 4.78 is 5.27. The molecule has 1 aliphatic carbocycles. The van der Waals surface area contributed by atoms with Crippen molar-refractivity contribution in [1.29, 1.82) is 0 Å². The summed E-state index contributed by atoms with van der Waals surface area (Å²) in [6.07, 6.45) is 2.00. The second-order valence-electron chi connectivity index (χ2n) is 6.25. The van der Waals surface area contributed by atoms with Crippen molar-refractivity contribution < 1.29 is 19.1 Å². The molecule has 2 aliphatic rings. The molecule has 1 aromatic carbocycles. The zero-order valence-electron chi connectivity index (χ0n) is 14.3. The van der Waals surface area contributed by atoms with Crippen LogP contribution in [0.3, 0.4) is 0 Å². The van der Waals surface area contributed by atoms with Crippen LogP contribution in [0.4, 0.5) is 10.5 Å². The van der Waals surface area contributed by atoms with Gasteiger partial charge in [-0.25, -0.2) is 4.79 Å². The third-order valence-electron chi connectivity index (χ3n) is 4.38. The third-order valence-corrected chi connectivity index (χ3v) is 4.38. The van der Waals surface area contributed by atoms with Gasteiger partial charge in [-0.05, 0) is 38.0 Å². The van der Waals surface area contributed by atoms with Crippen LogP contribution < -0.4 is 20.7 Å². The fraction of sp³-hybridized carbons (Fsp3) is 0.471. The molecule has 1 heterocycles. The number of benzene rings is 1. The quantitative estimate of drug-likeness (QED) is 0.755. The van der Waals surface area contributed by atoms with Crippen molar-refractivity contribution >= 4 is 23.5 Å². The predicted octanol–water partition coefficient (Wildman–Crippen LogP) is 0.940.